The van der Waals surface area contributed by atoms with E-state index in [2.05, 4.69) is 52.5 Å². The highest BCUT2D eigenvalue weighted by molar-refractivity contribution is 5.95. The highest BCUT2D eigenvalue weighted by Crippen LogP contribution is 2.24. The number of carbonyl (C=O) groups is 1. The fourth-order valence-electron chi connectivity index (χ4n) is 4.21. The van der Waals surface area contributed by atoms with Gasteiger partial charge in [0.1, 0.15) is 0 Å². The fourth-order valence-corrected chi connectivity index (χ4v) is 4.21. The Kier molecular flexibility index (Phi) is 6.65. The normalized spacial score (nSPS) is 14.6. The molecule has 0 unspecified atom stereocenters. The molecule has 0 fully saturated rings. The Labute approximate surface area is 178 Å². The summed E-state index contributed by atoms with van der Waals surface area (Å²) in [5.74, 6) is -0.250. The first-order chi connectivity index (χ1) is 14.7. The minimum Gasteiger partial charge on any atom is -0.462 e. The van der Waals surface area contributed by atoms with Crippen LogP contribution in [0.25, 0.3) is 16.5 Å². The van der Waals surface area contributed by atoms with Gasteiger partial charge in [0.25, 0.3) is 0 Å². The van der Waals surface area contributed by atoms with Crippen LogP contribution in [0.3, 0.4) is 0 Å². The molecule has 0 amide bonds. The fraction of sp³-hybridized carbons (Fsp3) is 0.346. The Balaban J connectivity index is 1.28. The monoisotopic (exact) mass is 402 g/mol. The van der Waals surface area contributed by atoms with Crippen molar-refractivity contribution in [1.82, 2.24) is 9.88 Å². The van der Waals surface area contributed by atoms with Crippen LogP contribution in [-0.2, 0) is 11.2 Å². The third kappa shape index (κ3) is 4.82. The predicted molar refractivity (Wildman–Crippen MR) is 123 cm³/mol. The summed E-state index contributed by atoms with van der Waals surface area (Å²) in [6, 6.07) is 16.5. The van der Waals surface area contributed by atoms with Gasteiger partial charge in [-0.05, 0) is 74.1 Å². The van der Waals surface area contributed by atoms with Gasteiger partial charge in [0.15, 0.2) is 0 Å². The lowest BCUT2D eigenvalue weighted by molar-refractivity contribution is 0.0526. The topological polar surface area (TPSA) is 45.3 Å². The molecule has 0 atom stereocenters. The van der Waals surface area contributed by atoms with E-state index >= 15 is 0 Å². The van der Waals surface area contributed by atoms with Crippen LogP contribution < -0.4 is 0 Å². The molecular weight excluding hydrogens is 372 g/mol. The van der Waals surface area contributed by atoms with Crippen LogP contribution in [0, 0.1) is 0 Å². The predicted octanol–water partition coefficient (Wildman–Crippen LogP) is 5.46. The molecular formula is C26H30N2O2. The van der Waals surface area contributed by atoms with Gasteiger partial charge >= 0.3 is 5.97 Å². The number of unbranched alkanes of at least 4 members (excludes halogenated alkanes) is 1. The molecule has 0 saturated heterocycles. The summed E-state index contributed by atoms with van der Waals surface area (Å²) < 4.78 is 5.14. The van der Waals surface area contributed by atoms with Crippen molar-refractivity contribution in [3.05, 3.63) is 77.5 Å². The summed E-state index contributed by atoms with van der Waals surface area (Å²) in [6.07, 6.45) is 8.93. The van der Waals surface area contributed by atoms with Crippen molar-refractivity contribution < 1.29 is 9.53 Å². The van der Waals surface area contributed by atoms with Crippen molar-refractivity contribution in [3.63, 3.8) is 0 Å². The molecule has 4 heteroatoms. The van der Waals surface area contributed by atoms with Crippen molar-refractivity contribution in [3.8, 4) is 0 Å². The second-order valence-electron chi connectivity index (χ2n) is 7.90. The van der Waals surface area contributed by atoms with E-state index in [0.717, 1.165) is 49.8 Å². The second-order valence-corrected chi connectivity index (χ2v) is 7.90. The Morgan fingerprint density at radius 2 is 2.00 bits per heavy atom. The zero-order valence-electron chi connectivity index (χ0n) is 17.7. The number of nitrogens with one attached hydrogen (secondary N) is 1. The Morgan fingerprint density at radius 3 is 2.77 bits per heavy atom. The molecule has 1 aromatic heterocycles. The number of carbonyl (C=O) groups excluding carboxylic acids is 1. The number of hydrogen-bond acceptors (Lipinski definition) is 3. The minimum absolute atomic E-state index is 0.250. The van der Waals surface area contributed by atoms with Crippen LogP contribution in [0.2, 0.25) is 0 Å². The maximum atomic E-state index is 12.0. The third-order valence-electron chi connectivity index (χ3n) is 5.89. The lowest BCUT2D eigenvalue weighted by Gasteiger charge is -2.26. The number of rotatable bonds is 8. The zero-order valence-corrected chi connectivity index (χ0v) is 17.7. The average molecular weight is 403 g/mol. The van der Waals surface area contributed by atoms with Gasteiger partial charge in [0.2, 0.25) is 0 Å². The van der Waals surface area contributed by atoms with Crippen molar-refractivity contribution in [2.24, 2.45) is 0 Å². The molecule has 1 aliphatic heterocycles. The van der Waals surface area contributed by atoms with Crippen LogP contribution in [0.5, 0.6) is 0 Å². The summed E-state index contributed by atoms with van der Waals surface area (Å²) in [5.41, 5.74) is 5.81. The largest absolute Gasteiger partial charge is 0.462 e. The molecule has 2 aromatic carbocycles. The zero-order chi connectivity index (χ0) is 20.8. The number of esters is 1. The standard InChI is InChI=1S/C26H30N2O2/c1-2-30-26(29)22-11-12-25-24(18-22)23(19-27-25)10-6-7-15-28-16-13-21(14-17-28)20-8-4-3-5-9-20/h3-5,8-9,11-13,18-19,27H,2,6-7,10,14-17H2,1H3. The van der Waals surface area contributed by atoms with E-state index in [9.17, 15) is 4.79 Å². The first-order valence-electron chi connectivity index (χ1n) is 11.0. The van der Waals surface area contributed by atoms with E-state index in [0.29, 0.717) is 12.2 Å². The number of aromatic amines is 1. The molecule has 4 nitrogen and oxygen atoms in total. The smallest absolute Gasteiger partial charge is 0.338 e. The van der Waals surface area contributed by atoms with E-state index in [1.54, 1.807) is 0 Å². The number of ether oxygens (including phenoxy) is 1. The van der Waals surface area contributed by atoms with Gasteiger partial charge < -0.3 is 9.72 Å². The Bertz CT molecular complexity index is 1020. The molecule has 30 heavy (non-hydrogen) atoms. The molecule has 4 rings (SSSR count). The molecule has 0 spiro atoms. The highest BCUT2D eigenvalue weighted by atomic mass is 16.5. The maximum absolute atomic E-state index is 12.0. The molecule has 3 aromatic rings. The molecule has 0 aliphatic carbocycles. The Morgan fingerprint density at radius 1 is 1.13 bits per heavy atom. The van der Waals surface area contributed by atoms with Crippen LogP contribution in [0.1, 0.15) is 47.7 Å². The van der Waals surface area contributed by atoms with Crippen LogP contribution in [0.4, 0.5) is 0 Å². The van der Waals surface area contributed by atoms with Gasteiger partial charge in [-0.1, -0.05) is 36.4 Å². The first-order valence-corrected chi connectivity index (χ1v) is 11.0. The van der Waals surface area contributed by atoms with Gasteiger partial charge in [-0.15, -0.1) is 0 Å². The van der Waals surface area contributed by atoms with E-state index in [-0.39, 0.29) is 5.97 Å². The number of nitrogens with zero attached hydrogens (tertiary/aromatic N) is 1. The summed E-state index contributed by atoms with van der Waals surface area (Å²) in [7, 11) is 0. The van der Waals surface area contributed by atoms with E-state index in [4.69, 9.17) is 4.74 Å². The lowest BCUT2D eigenvalue weighted by Crippen LogP contribution is -2.29. The molecule has 0 saturated carbocycles. The van der Waals surface area contributed by atoms with Gasteiger partial charge in [-0.2, -0.15) is 0 Å². The summed E-state index contributed by atoms with van der Waals surface area (Å²) >= 11 is 0. The van der Waals surface area contributed by atoms with Crippen molar-refractivity contribution >= 4 is 22.4 Å². The van der Waals surface area contributed by atoms with Crippen LogP contribution >= 0.6 is 0 Å². The van der Waals surface area contributed by atoms with Gasteiger partial charge in [-0.25, -0.2) is 4.79 Å². The van der Waals surface area contributed by atoms with Gasteiger partial charge in [0.05, 0.1) is 12.2 Å². The maximum Gasteiger partial charge on any atom is 0.338 e. The Hall–Kier alpha value is -2.85. The molecule has 0 radical (unpaired) electrons. The summed E-state index contributed by atoms with van der Waals surface area (Å²) in [4.78, 5) is 17.9. The van der Waals surface area contributed by atoms with Crippen molar-refractivity contribution in [2.75, 3.05) is 26.2 Å². The molecule has 2 heterocycles. The highest BCUT2D eigenvalue weighted by Gasteiger charge is 2.13. The quantitative estimate of drug-likeness (QED) is 0.402. The molecule has 0 bridgehead atoms. The van der Waals surface area contributed by atoms with Crippen molar-refractivity contribution in [2.45, 2.75) is 32.6 Å². The number of aryl methyl sites for hydroxylation is 1. The number of fused-ring (bicyclic) bond motifs is 1. The van der Waals surface area contributed by atoms with Crippen LogP contribution in [0.15, 0.2) is 60.8 Å². The molecule has 156 valence electrons. The summed E-state index contributed by atoms with van der Waals surface area (Å²) in [5, 5.41) is 1.13. The summed E-state index contributed by atoms with van der Waals surface area (Å²) in [6.45, 7) is 5.54. The average Bonchev–Trinajstić information content (AvgIpc) is 3.20. The number of H-pyrrole nitrogens is 1. The SMILES string of the molecule is CCOC(=O)c1ccc2[nH]cc(CCCCN3CC=C(c4ccccc4)CC3)c2c1. The van der Waals surface area contributed by atoms with Gasteiger partial charge in [-0.3, -0.25) is 4.90 Å². The second kappa shape index (κ2) is 9.77. The third-order valence-corrected chi connectivity index (χ3v) is 5.89. The van der Waals surface area contributed by atoms with E-state index in [1.807, 2.05) is 25.1 Å². The molecule has 1 N–H and O–H groups in total. The van der Waals surface area contributed by atoms with Crippen LogP contribution in [-0.4, -0.2) is 42.1 Å². The number of hydrogen-bond donors (Lipinski definition) is 1. The minimum atomic E-state index is -0.250. The first kappa shape index (κ1) is 20.4. The van der Waals surface area contributed by atoms with Gasteiger partial charge in [0, 0.05) is 30.2 Å². The van der Waals surface area contributed by atoms with E-state index in [1.165, 1.54) is 23.1 Å². The molecule has 1 aliphatic rings. The number of aromatic nitrogens is 1. The lowest BCUT2D eigenvalue weighted by atomic mass is 9.99. The van der Waals surface area contributed by atoms with E-state index < -0.39 is 0 Å². The number of benzene rings is 2. The van der Waals surface area contributed by atoms with Crippen molar-refractivity contribution in [1.29, 1.82) is 0 Å².